The lowest BCUT2D eigenvalue weighted by Crippen LogP contribution is -2.00. The molecule has 0 aromatic carbocycles. The second-order valence-electron chi connectivity index (χ2n) is 4.33. The molecule has 0 heteroatoms. The average Bonchev–Trinajstić information content (AvgIpc) is 1.90. The molecule has 0 aliphatic rings. The SMILES string of the molecule is CCC.CCC.CCC(C)(C)C. The maximum Gasteiger partial charge on any atom is -0.0385 e. The van der Waals surface area contributed by atoms with Crippen LogP contribution < -0.4 is 0 Å². The van der Waals surface area contributed by atoms with Crippen molar-refractivity contribution < 1.29 is 0 Å². The van der Waals surface area contributed by atoms with Crippen LogP contribution in [0.5, 0.6) is 0 Å². The van der Waals surface area contributed by atoms with Crippen molar-refractivity contribution in [2.45, 2.75) is 74.7 Å². The minimum atomic E-state index is 0.542. The minimum absolute atomic E-state index is 0.542. The van der Waals surface area contributed by atoms with E-state index in [1.807, 2.05) is 0 Å². The van der Waals surface area contributed by atoms with Gasteiger partial charge in [0.15, 0.2) is 0 Å². The van der Waals surface area contributed by atoms with Crippen LogP contribution in [0.1, 0.15) is 74.7 Å². The molecule has 0 nitrogen and oxygen atoms in total. The molecule has 0 aliphatic carbocycles. The molecule has 0 atom stereocenters. The first kappa shape index (κ1) is 17.9. The van der Waals surface area contributed by atoms with E-state index in [0.717, 1.165) is 0 Å². The Labute approximate surface area is 80.8 Å². The van der Waals surface area contributed by atoms with Gasteiger partial charge in [-0.2, -0.15) is 0 Å². The maximum absolute atomic E-state index is 2.24. The summed E-state index contributed by atoms with van der Waals surface area (Å²) in [4.78, 5) is 0. The third-order valence-electron chi connectivity index (χ3n) is 1.06. The van der Waals surface area contributed by atoms with Crippen molar-refractivity contribution in [3.8, 4) is 0 Å². The Morgan fingerprint density at radius 3 is 0.750 bits per heavy atom. The van der Waals surface area contributed by atoms with Crippen LogP contribution in [0.15, 0.2) is 0 Å². The third kappa shape index (κ3) is 90.0. The first-order valence-electron chi connectivity index (χ1n) is 5.39. The molecule has 0 bridgehead atoms. The van der Waals surface area contributed by atoms with Crippen molar-refractivity contribution in [2.24, 2.45) is 5.41 Å². The van der Waals surface area contributed by atoms with E-state index in [9.17, 15) is 0 Å². The normalized spacial score (nSPS) is 9.00. The van der Waals surface area contributed by atoms with Gasteiger partial charge in [-0.15, -0.1) is 0 Å². The topological polar surface area (TPSA) is 0 Å². The molecule has 0 N–H and O–H groups in total. The molecule has 0 saturated heterocycles. The Balaban J connectivity index is -0.000000115. The molecule has 12 heavy (non-hydrogen) atoms. The Hall–Kier alpha value is 0. The fourth-order valence-electron chi connectivity index (χ4n) is 0. The molecule has 0 aliphatic heterocycles. The molecule has 0 unspecified atom stereocenters. The summed E-state index contributed by atoms with van der Waals surface area (Å²) in [6.45, 7) is 17.4. The molecule has 0 aromatic rings. The molecule has 0 heterocycles. The molecule has 0 fully saturated rings. The first-order valence-corrected chi connectivity index (χ1v) is 5.39. The molecule has 0 saturated carbocycles. The monoisotopic (exact) mass is 174 g/mol. The minimum Gasteiger partial charge on any atom is -0.0656 e. The zero-order chi connectivity index (χ0) is 10.6. The smallest absolute Gasteiger partial charge is 0.0385 e. The largest absolute Gasteiger partial charge is 0.0656 e. The van der Waals surface area contributed by atoms with Crippen LogP contribution in [-0.2, 0) is 0 Å². The van der Waals surface area contributed by atoms with Crippen LogP contribution in [-0.4, -0.2) is 0 Å². The lowest BCUT2D eigenvalue weighted by molar-refractivity contribution is 0.398. The Morgan fingerprint density at radius 2 is 0.750 bits per heavy atom. The van der Waals surface area contributed by atoms with Crippen LogP contribution in [0, 0.1) is 5.41 Å². The number of hydrogen-bond donors (Lipinski definition) is 0. The van der Waals surface area contributed by atoms with Gasteiger partial charge in [-0.25, -0.2) is 0 Å². The van der Waals surface area contributed by atoms with Gasteiger partial charge in [0.2, 0.25) is 0 Å². The summed E-state index contributed by atoms with van der Waals surface area (Å²) in [5.74, 6) is 0. The van der Waals surface area contributed by atoms with Gasteiger partial charge in [0, 0.05) is 0 Å². The highest BCUT2D eigenvalue weighted by Gasteiger charge is 2.03. The van der Waals surface area contributed by atoms with Gasteiger partial charge in [-0.1, -0.05) is 74.7 Å². The zero-order valence-electron chi connectivity index (χ0n) is 10.6. The quantitative estimate of drug-likeness (QED) is 0.469. The lowest BCUT2D eigenvalue weighted by Gasteiger charge is -2.12. The molecule has 0 radical (unpaired) electrons. The van der Waals surface area contributed by atoms with Crippen molar-refractivity contribution in [3.63, 3.8) is 0 Å². The molecule has 78 valence electrons. The molecule has 0 rings (SSSR count). The van der Waals surface area contributed by atoms with Gasteiger partial charge in [0.05, 0.1) is 0 Å². The predicted octanol–water partition coefficient (Wildman–Crippen LogP) is 5.28. The Kier molecular flexibility index (Phi) is 20.3. The van der Waals surface area contributed by atoms with E-state index in [-0.39, 0.29) is 0 Å². The van der Waals surface area contributed by atoms with Gasteiger partial charge < -0.3 is 0 Å². The number of hydrogen-bond acceptors (Lipinski definition) is 0. The van der Waals surface area contributed by atoms with E-state index in [2.05, 4.69) is 55.4 Å². The van der Waals surface area contributed by atoms with Gasteiger partial charge in [-0.3, -0.25) is 0 Å². The maximum atomic E-state index is 2.24. The predicted molar refractivity (Wildman–Crippen MR) is 61.7 cm³/mol. The van der Waals surface area contributed by atoms with E-state index in [1.165, 1.54) is 19.3 Å². The summed E-state index contributed by atoms with van der Waals surface area (Å²) in [6.07, 6.45) is 3.77. The van der Waals surface area contributed by atoms with Crippen LogP contribution in [0.4, 0.5) is 0 Å². The van der Waals surface area contributed by atoms with Crippen LogP contribution >= 0.6 is 0 Å². The Bertz CT molecular complexity index is 45.5. The van der Waals surface area contributed by atoms with E-state index >= 15 is 0 Å². The van der Waals surface area contributed by atoms with Crippen molar-refractivity contribution in [3.05, 3.63) is 0 Å². The summed E-state index contributed by atoms with van der Waals surface area (Å²) in [5.41, 5.74) is 0.542. The average molecular weight is 174 g/mol. The second-order valence-corrected chi connectivity index (χ2v) is 4.33. The second kappa shape index (κ2) is 13.6. The van der Waals surface area contributed by atoms with Crippen molar-refractivity contribution in [2.75, 3.05) is 0 Å². The Morgan fingerprint density at radius 1 is 0.667 bits per heavy atom. The summed E-state index contributed by atoms with van der Waals surface area (Å²) < 4.78 is 0. The van der Waals surface area contributed by atoms with Crippen molar-refractivity contribution >= 4 is 0 Å². The van der Waals surface area contributed by atoms with E-state index < -0.39 is 0 Å². The highest BCUT2D eigenvalue weighted by molar-refractivity contribution is 4.55. The molecular formula is C12H30. The van der Waals surface area contributed by atoms with E-state index in [1.54, 1.807) is 0 Å². The molecule has 0 amide bonds. The summed E-state index contributed by atoms with van der Waals surface area (Å²) in [6, 6.07) is 0. The summed E-state index contributed by atoms with van der Waals surface area (Å²) >= 11 is 0. The van der Waals surface area contributed by atoms with Crippen LogP contribution in [0.2, 0.25) is 0 Å². The molecule has 0 spiro atoms. The standard InChI is InChI=1S/C6H14.2C3H8/c1-5-6(2,3)4;2*1-3-2/h5H2,1-4H3;2*3H2,1-2H3. The van der Waals surface area contributed by atoms with Crippen molar-refractivity contribution in [1.29, 1.82) is 0 Å². The van der Waals surface area contributed by atoms with Crippen LogP contribution in [0.3, 0.4) is 0 Å². The van der Waals surface area contributed by atoms with Crippen molar-refractivity contribution in [1.82, 2.24) is 0 Å². The lowest BCUT2D eigenvalue weighted by atomic mass is 9.94. The van der Waals surface area contributed by atoms with E-state index in [0.29, 0.717) is 5.41 Å². The fourth-order valence-corrected chi connectivity index (χ4v) is 0. The van der Waals surface area contributed by atoms with Gasteiger partial charge in [0.25, 0.3) is 0 Å². The first-order chi connectivity index (χ1) is 5.39. The van der Waals surface area contributed by atoms with Crippen LogP contribution in [0.25, 0.3) is 0 Å². The summed E-state index contributed by atoms with van der Waals surface area (Å²) in [7, 11) is 0. The molecular weight excluding hydrogens is 144 g/mol. The summed E-state index contributed by atoms with van der Waals surface area (Å²) in [5, 5.41) is 0. The van der Waals surface area contributed by atoms with Gasteiger partial charge >= 0.3 is 0 Å². The van der Waals surface area contributed by atoms with Gasteiger partial charge in [-0.05, 0) is 5.41 Å². The highest BCUT2D eigenvalue weighted by atomic mass is 14.1. The van der Waals surface area contributed by atoms with Gasteiger partial charge in [0.1, 0.15) is 0 Å². The highest BCUT2D eigenvalue weighted by Crippen LogP contribution is 2.16. The van der Waals surface area contributed by atoms with E-state index in [4.69, 9.17) is 0 Å². The fraction of sp³-hybridized carbons (Fsp3) is 1.00. The third-order valence-corrected chi connectivity index (χ3v) is 1.06. The number of rotatable bonds is 0. The molecule has 0 aromatic heterocycles. The zero-order valence-corrected chi connectivity index (χ0v) is 10.6.